The second kappa shape index (κ2) is 5.12. The minimum atomic E-state index is -0.141. The smallest absolute Gasteiger partial charge is 0.157 e. The molecule has 4 heteroatoms. The summed E-state index contributed by atoms with van der Waals surface area (Å²) < 4.78 is 0. The zero-order valence-electron chi connectivity index (χ0n) is 9.11. The van der Waals surface area contributed by atoms with Crippen LogP contribution >= 0.6 is 0 Å². The van der Waals surface area contributed by atoms with Gasteiger partial charge in [0.2, 0.25) is 0 Å². The lowest BCUT2D eigenvalue weighted by atomic mass is 10.2. The van der Waals surface area contributed by atoms with E-state index in [4.69, 9.17) is 5.11 Å². The summed E-state index contributed by atoms with van der Waals surface area (Å²) in [4.78, 5) is 0. The molecule has 0 aliphatic heterocycles. The Morgan fingerprint density at radius 2 is 1.65 bits per heavy atom. The normalized spacial score (nSPS) is 10.8. The van der Waals surface area contributed by atoms with Crippen LogP contribution in [0.3, 0.4) is 0 Å². The van der Waals surface area contributed by atoms with Crippen molar-refractivity contribution in [2.45, 2.75) is 6.54 Å². The molecule has 17 heavy (non-hydrogen) atoms. The second-order valence-corrected chi connectivity index (χ2v) is 3.56. The summed E-state index contributed by atoms with van der Waals surface area (Å²) in [6, 6.07) is 14.0. The Labute approximate surface area is 98.9 Å². The van der Waals surface area contributed by atoms with Gasteiger partial charge in [-0.3, -0.25) is 0 Å². The number of azo groups is 1. The Kier molecular flexibility index (Phi) is 3.35. The first-order valence-corrected chi connectivity index (χ1v) is 5.19. The number of nitrogens with zero attached hydrogens (tertiary/aromatic N) is 2. The summed E-state index contributed by atoms with van der Waals surface area (Å²) in [7, 11) is 0. The van der Waals surface area contributed by atoms with Crippen LogP contribution in [0.1, 0.15) is 5.56 Å². The summed E-state index contributed by atoms with van der Waals surface area (Å²) >= 11 is 0. The van der Waals surface area contributed by atoms with Crippen molar-refractivity contribution in [3.05, 3.63) is 54.1 Å². The maximum atomic E-state index is 9.29. The fourth-order valence-corrected chi connectivity index (χ4v) is 1.36. The van der Waals surface area contributed by atoms with Crippen LogP contribution in [0.4, 0.5) is 5.69 Å². The van der Waals surface area contributed by atoms with E-state index in [1.165, 1.54) is 12.1 Å². The van der Waals surface area contributed by atoms with Crippen molar-refractivity contribution < 1.29 is 10.2 Å². The predicted molar refractivity (Wildman–Crippen MR) is 64.4 cm³/mol. The lowest BCUT2D eigenvalue weighted by Crippen LogP contribution is -1.80. The molecule has 0 aliphatic rings. The molecular weight excluding hydrogens is 216 g/mol. The standard InChI is InChI=1S/C13H12N2O2/c16-12-7-6-10(8-13(12)17)9-14-15-11-4-2-1-3-5-11/h1-8,16-17H,9H2. The highest BCUT2D eigenvalue weighted by Gasteiger charge is 1.99. The molecule has 0 saturated heterocycles. The molecule has 0 spiro atoms. The van der Waals surface area contributed by atoms with Crippen molar-refractivity contribution in [3.63, 3.8) is 0 Å². The SMILES string of the molecule is Oc1ccc(CN=Nc2ccccc2)cc1O. The van der Waals surface area contributed by atoms with Crippen molar-refractivity contribution in [1.29, 1.82) is 0 Å². The summed E-state index contributed by atoms with van der Waals surface area (Å²) in [5.41, 5.74) is 1.58. The molecular formula is C13H12N2O2. The first-order valence-electron chi connectivity index (χ1n) is 5.19. The van der Waals surface area contributed by atoms with Gasteiger partial charge < -0.3 is 10.2 Å². The first kappa shape index (κ1) is 11.1. The van der Waals surface area contributed by atoms with Crippen LogP contribution in [-0.4, -0.2) is 10.2 Å². The Hall–Kier alpha value is -2.36. The molecule has 0 atom stereocenters. The van der Waals surface area contributed by atoms with Crippen molar-refractivity contribution in [2.24, 2.45) is 10.2 Å². The average molecular weight is 228 g/mol. The third-order valence-corrected chi connectivity index (χ3v) is 2.24. The maximum Gasteiger partial charge on any atom is 0.157 e. The highest BCUT2D eigenvalue weighted by Crippen LogP contribution is 2.25. The van der Waals surface area contributed by atoms with Gasteiger partial charge in [-0.15, -0.1) is 0 Å². The monoisotopic (exact) mass is 228 g/mol. The summed E-state index contributed by atoms with van der Waals surface area (Å²) in [5.74, 6) is -0.272. The molecule has 0 radical (unpaired) electrons. The molecule has 4 nitrogen and oxygen atoms in total. The van der Waals surface area contributed by atoms with Crippen molar-refractivity contribution in [2.75, 3.05) is 0 Å². The molecule has 0 aliphatic carbocycles. The summed E-state index contributed by atoms with van der Waals surface area (Å²) in [6.45, 7) is 0.364. The highest BCUT2D eigenvalue weighted by atomic mass is 16.3. The van der Waals surface area contributed by atoms with E-state index in [9.17, 15) is 5.11 Å². The average Bonchev–Trinajstić information content (AvgIpc) is 2.35. The van der Waals surface area contributed by atoms with Gasteiger partial charge in [-0.25, -0.2) is 0 Å². The van der Waals surface area contributed by atoms with Gasteiger partial charge in [0, 0.05) is 0 Å². The second-order valence-electron chi connectivity index (χ2n) is 3.56. The molecule has 0 bridgehead atoms. The molecule has 2 N–H and O–H groups in total. The largest absolute Gasteiger partial charge is 0.504 e. The van der Waals surface area contributed by atoms with Crippen molar-refractivity contribution in [1.82, 2.24) is 0 Å². The fourth-order valence-electron chi connectivity index (χ4n) is 1.36. The Balaban J connectivity index is 2.03. The van der Waals surface area contributed by atoms with E-state index >= 15 is 0 Å². The zero-order chi connectivity index (χ0) is 12.1. The third-order valence-electron chi connectivity index (χ3n) is 2.24. The van der Waals surface area contributed by atoms with Gasteiger partial charge in [-0.2, -0.15) is 10.2 Å². The van der Waals surface area contributed by atoms with Gasteiger partial charge in [0.05, 0.1) is 12.2 Å². The molecule has 0 unspecified atom stereocenters. The summed E-state index contributed by atoms with van der Waals surface area (Å²) in [6.07, 6.45) is 0. The quantitative estimate of drug-likeness (QED) is 0.624. The highest BCUT2D eigenvalue weighted by molar-refractivity contribution is 5.40. The lowest BCUT2D eigenvalue weighted by molar-refractivity contribution is 0.403. The minimum absolute atomic E-state index is 0.131. The van der Waals surface area contributed by atoms with E-state index in [0.717, 1.165) is 11.3 Å². The molecule has 0 aromatic heterocycles. The molecule has 2 aromatic carbocycles. The maximum absolute atomic E-state index is 9.29. The van der Waals surface area contributed by atoms with Gasteiger partial charge in [0.25, 0.3) is 0 Å². The van der Waals surface area contributed by atoms with Crippen LogP contribution in [-0.2, 0) is 6.54 Å². The number of aromatic hydroxyl groups is 2. The molecule has 0 amide bonds. The fraction of sp³-hybridized carbons (Fsp3) is 0.0769. The first-order chi connectivity index (χ1) is 8.25. The lowest BCUT2D eigenvalue weighted by Gasteiger charge is -1.99. The zero-order valence-corrected chi connectivity index (χ0v) is 9.11. The van der Waals surface area contributed by atoms with Crippen LogP contribution in [0, 0.1) is 0 Å². The Morgan fingerprint density at radius 3 is 2.35 bits per heavy atom. The number of rotatable bonds is 3. The van der Waals surface area contributed by atoms with Gasteiger partial charge in [0.15, 0.2) is 11.5 Å². The number of phenolic OH excluding ortho intramolecular Hbond substituents is 2. The van der Waals surface area contributed by atoms with Gasteiger partial charge in [-0.05, 0) is 29.8 Å². The molecule has 0 fully saturated rings. The van der Waals surface area contributed by atoms with Crippen molar-refractivity contribution in [3.8, 4) is 11.5 Å². The van der Waals surface area contributed by atoms with Crippen LogP contribution in [0.2, 0.25) is 0 Å². The van der Waals surface area contributed by atoms with Crippen LogP contribution < -0.4 is 0 Å². The molecule has 0 heterocycles. The van der Waals surface area contributed by atoms with Crippen LogP contribution in [0.15, 0.2) is 58.8 Å². The Morgan fingerprint density at radius 1 is 0.882 bits per heavy atom. The predicted octanol–water partition coefficient (Wildman–Crippen LogP) is 3.38. The third kappa shape index (κ3) is 3.04. The van der Waals surface area contributed by atoms with E-state index in [-0.39, 0.29) is 11.5 Å². The van der Waals surface area contributed by atoms with Crippen LogP contribution in [0.5, 0.6) is 11.5 Å². The van der Waals surface area contributed by atoms with Gasteiger partial charge in [0.1, 0.15) is 0 Å². The number of hydrogen-bond donors (Lipinski definition) is 2. The number of benzene rings is 2. The molecule has 2 aromatic rings. The molecule has 2 rings (SSSR count). The van der Waals surface area contributed by atoms with E-state index in [1.54, 1.807) is 6.07 Å². The van der Waals surface area contributed by atoms with Gasteiger partial charge in [-0.1, -0.05) is 24.3 Å². The van der Waals surface area contributed by atoms with Crippen molar-refractivity contribution >= 4 is 5.69 Å². The Bertz CT molecular complexity index is 524. The van der Waals surface area contributed by atoms with E-state index < -0.39 is 0 Å². The van der Waals surface area contributed by atoms with Gasteiger partial charge >= 0.3 is 0 Å². The number of phenols is 2. The minimum Gasteiger partial charge on any atom is -0.504 e. The van der Waals surface area contributed by atoms with Crippen LogP contribution in [0.25, 0.3) is 0 Å². The summed E-state index contributed by atoms with van der Waals surface area (Å²) in [5, 5.41) is 26.5. The molecule has 86 valence electrons. The van der Waals surface area contributed by atoms with E-state index in [2.05, 4.69) is 10.2 Å². The van der Waals surface area contributed by atoms with E-state index in [0.29, 0.717) is 6.54 Å². The number of hydrogen-bond acceptors (Lipinski definition) is 4. The topological polar surface area (TPSA) is 65.2 Å². The molecule has 0 saturated carbocycles. The van der Waals surface area contributed by atoms with E-state index in [1.807, 2.05) is 30.3 Å².